The topological polar surface area (TPSA) is 58.6 Å². The summed E-state index contributed by atoms with van der Waals surface area (Å²) in [6, 6.07) is 8.37. The van der Waals surface area contributed by atoms with E-state index in [-0.39, 0.29) is 5.92 Å². The van der Waals surface area contributed by atoms with Crippen molar-refractivity contribution in [3.8, 4) is 5.75 Å². The molecular weight excluding hydrogens is 254 g/mol. The number of carboxylic acids is 1. The van der Waals surface area contributed by atoms with E-state index in [2.05, 4.69) is 17.4 Å². The van der Waals surface area contributed by atoms with E-state index in [1.165, 1.54) is 5.56 Å². The van der Waals surface area contributed by atoms with Crippen molar-refractivity contribution < 1.29 is 14.6 Å². The first kappa shape index (κ1) is 14.9. The molecule has 1 aromatic carbocycles. The lowest BCUT2D eigenvalue weighted by molar-refractivity contribution is -0.143. The van der Waals surface area contributed by atoms with Crippen molar-refractivity contribution in [2.75, 3.05) is 6.61 Å². The van der Waals surface area contributed by atoms with Crippen molar-refractivity contribution in [2.24, 2.45) is 5.92 Å². The molecule has 110 valence electrons. The van der Waals surface area contributed by atoms with Gasteiger partial charge in [0.05, 0.1) is 12.5 Å². The molecule has 1 aliphatic rings. The molecule has 1 aromatic rings. The minimum Gasteiger partial charge on any atom is -0.494 e. The van der Waals surface area contributed by atoms with Crippen LogP contribution in [0.2, 0.25) is 0 Å². The summed E-state index contributed by atoms with van der Waals surface area (Å²) in [6.07, 6.45) is 3.63. The Morgan fingerprint density at radius 1 is 1.35 bits per heavy atom. The molecule has 2 rings (SSSR count). The second-order valence-electron chi connectivity index (χ2n) is 5.36. The van der Waals surface area contributed by atoms with Gasteiger partial charge in [-0.25, -0.2) is 0 Å². The van der Waals surface area contributed by atoms with Crippen molar-refractivity contribution in [1.29, 1.82) is 0 Å². The number of ether oxygens (including phenoxy) is 1. The highest BCUT2D eigenvalue weighted by molar-refractivity contribution is 5.70. The number of aliphatic carboxylic acids is 1. The first-order chi connectivity index (χ1) is 9.69. The molecule has 0 bridgehead atoms. The zero-order chi connectivity index (χ0) is 14.4. The van der Waals surface area contributed by atoms with E-state index in [1.807, 2.05) is 19.1 Å². The Morgan fingerprint density at radius 2 is 2.10 bits per heavy atom. The number of carboxylic acid groups (broad SMARTS) is 1. The molecule has 0 aromatic heterocycles. The highest BCUT2D eigenvalue weighted by Gasteiger charge is 2.26. The van der Waals surface area contributed by atoms with Gasteiger partial charge in [-0.05, 0) is 43.9 Å². The largest absolute Gasteiger partial charge is 0.494 e. The first-order valence-electron chi connectivity index (χ1n) is 7.37. The van der Waals surface area contributed by atoms with Crippen LogP contribution in [0, 0.1) is 5.92 Å². The Hall–Kier alpha value is -1.55. The monoisotopic (exact) mass is 277 g/mol. The van der Waals surface area contributed by atoms with E-state index in [9.17, 15) is 4.79 Å². The molecule has 1 aliphatic carbocycles. The van der Waals surface area contributed by atoms with Gasteiger partial charge in [0.25, 0.3) is 0 Å². The Morgan fingerprint density at radius 3 is 2.75 bits per heavy atom. The van der Waals surface area contributed by atoms with Gasteiger partial charge in [-0.1, -0.05) is 18.6 Å². The molecule has 20 heavy (non-hydrogen) atoms. The van der Waals surface area contributed by atoms with Gasteiger partial charge in [0.2, 0.25) is 0 Å². The maximum atomic E-state index is 11.0. The molecule has 0 aliphatic heterocycles. The number of benzene rings is 1. The molecule has 0 saturated heterocycles. The summed E-state index contributed by atoms with van der Waals surface area (Å²) < 4.78 is 5.41. The molecule has 0 amide bonds. The van der Waals surface area contributed by atoms with Crippen molar-refractivity contribution >= 4 is 5.97 Å². The maximum absolute atomic E-state index is 11.0. The van der Waals surface area contributed by atoms with Crippen LogP contribution in [0.4, 0.5) is 0 Å². The zero-order valence-electron chi connectivity index (χ0n) is 12.0. The highest BCUT2D eigenvalue weighted by Crippen LogP contribution is 2.24. The molecule has 4 nitrogen and oxygen atoms in total. The summed E-state index contributed by atoms with van der Waals surface area (Å²) in [7, 11) is 0. The Kier molecular flexibility index (Phi) is 5.41. The van der Waals surface area contributed by atoms with E-state index >= 15 is 0 Å². The standard InChI is InChI=1S/C16H23NO3/c1-2-20-15-8-6-12(7-9-15)11-17-14-5-3-4-13(10-14)16(18)19/h6-9,13-14,17H,2-5,10-11H2,1H3,(H,18,19). The molecule has 1 saturated carbocycles. The van der Waals surface area contributed by atoms with Gasteiger partial charge in [-0.2, -0.15) is 0 Å². The predicted octanol–water partition coefficient (Wildman–Crippen LogP) is 2.82. The highest BCUT2D eigenvalue weighted by atomic mass is 16.5. The molecule has 0 radical (unpaired) electrons. The van der Waals surface area contributed by atoms with Crippen molar-refractivity contribution in [3.63, 3.8) is 0 Å². The number of nitrogens with one attached hydrogen (secondary N) is 1. The first-order valence-corrected chi connectivity index (χ1v) is 7.37. The van der Waals surface area contributed by atoms with Crippen molar-refractivity contribution in [3.05, 3.63) is 29.8 Å². The van der Waals surface area contributed by atoms with E-state index < -0.39 is 5.97 Å². The van der Waals surface area contributed by atoms with E-state index in [1.54, 1.807) is 0 Å². The van der Waals surface area contributed by atoms with Crippen LogP contribution in [0.3, 0.4) is 0 Å². The molecule has 0 heterocycles. The fourth-order valence-corrected chi connectivity index (χ4v) is 2.73. The van der Waals surface area contributed by atoms with Gasteiger partial charge >= 0.3 is 5.97 Å². The van der Waals surface area contributed by atoms with Crippen LogP contribution >= 0.6 is 0 Å². The Bertz CT molecular complexity index is 430. The molecule has 2 atom stereocenters. The molecule has 2 unspecified atom stereocenters. The fourth-order valence-electron chi connectivity index (χ4n) is 2.73. The summed E-state index contributed by atoms with van der Waals surface area (Å²) in [5, 5.41) is 12.6. The molecule has 4 heteroatoms. The minimum absolute atomic E-state index is 0.179. The lowest BCUT2D eigenvalue weighted by Crippen LogP contribution is -2.36. The average molecular weight is 277 g/mol. The summed E-state index contributed by atoms with van der Waals surface area (Å²) in [4.78, 5) is 11.0. The van der Waals surface area contributed by atoms with Crippen LogP contribution in [0.5, 0.6) is 5.75 Å². The Balaban J connectivity index is 1.80. The third-order valence-electron chi connectivity index (χ3n) is 3.85. The van der Waals surface area contributed by atoms with Gasteiger partial charge in [0.15, 0.2) is 0 Å². The van der Waals surface area contributed by atoms with E-state index in [0.717, 1.165) is 38.0 Å². The van der Waals surface area contributed by atoms with Crippen molar-refractivity contribution in [1.82, 2.24) is 5.32 Å². The number of hydrogen-bond acceptors (Lipinski definition) is 3. The third kappa shape index (κ3) is 4.23. The van der Waals surface area contributed by atoms with Gasteiger partial charge in [-0.15, -0.1) is 0 Å². The SMILES string of the molecule is CCOc1ccc(CNC2CCCC(C(=O)O)C2)cc1. The second-order valence-corrected chi connectivity index (χ2v) is 5.36. The number of rotatable bonds is 6. The Labute approximate surface area is 120 Å². The normalized spacial score (nSPS) is 22.4. The smallest absolute Gasteiger partial charge is 0.306 e. The quantitative estimate of drug-likeness (QED) is 0.839. The van der Waals surface area contributed by atoms with E-state index in [4.69, 9.17) is 9.84 Å². The minimum atomic E-state index is -0.655. The molecule has 2 N–H and O–H groups in total. The zero-order valence-corrected chi connectivity index (χ0v) is 12.0. The lowest BCUT2D eigenvalue weighted by Gasteiger charge is -2.27. The number of hydrogen-bond donors (Lipinski definition) is 2. The maximum Gasteiger partial charge on any atom is 0.306 e. The van der Waals surface area contributed by atoms with Gasteiger partial charge in [-0.3, -0.25) is 4.79 Å². The third-order valence-corrected chi connectivity index (χ3v) is 3.85. The van der Waals surface area contributed by atoms with Crippen LogP contribution in [0.15, 0.2) is 24.3 Å². The average Bonchev–Trinajstić information content (AvgIpc) is 2.47. The van der Waals surface area contributed by atoms with Crippen LogP contribution in [-0.4, -0.2) is 23.7 Å². The van der Waals surface area contributed by atoms with Crippen LogP contribution in [-0.2, 0) is 11.3 Å². The second kappa shape index (κ2) is 7.29. The predicted molar refractivity (Wildman–Crippen MR) is 77.8 cm³/mol. The summed E-state index contributed by atoms with van der Waals surface area (Å²) in [6.45, 7) is 3.43. The van der Waals surface area contributed by atoms with Gasteiger partial charge in [0.1, 0.15) is 5.75 Å². The van der Waals surface area contributed by atoms with Crippen LogP contribution < -0.4 is 10.1 Å². The van der Waals surface area contributed by atoms with Crippen LogP contribution in [0.1, 0.15) is 38.2 Å². The summed E-state index contributed by atoms with van der Waals surface area (Å²) in [5.41, 5.74) is 1.20. The van der Waals surface area contributed by atoms with Crippen LogP contribution in [0.25, 0.3) is 0 Å². The summed E-state index contributed by atoms with van der Waals surface area (Å²) >= 11 is 0. The molecule has 1 fully saturated rings. The van der Waals surface area contributed by atoms with Crippen molar-refractivity contribution in [2.45, 2.75) is 45.2 Å². The molecule has 0 spiro atoms. The molecular formula is C16H23NO3. The number of carbonyl (C=O) groups is 1. The summed E-state index contributed by atoms with van der Waals surface area (Å²) in [5.74, 6) is 0.0546. The van der Waals surface area contributed by atoms with Gasteiger partial charge < -0.3 is 15.2 Å². The van der Waals surface area contributed by atoms with Gasteiger partial charge in [0, 0.05) is 12.6 Å². The fraction of sp³-hybridized carbons (Fsp3) is 0.562. The van der Waals surface area contributed by atoms with E-state index in [0.29, 0.717) is 12.6 Å². The lowest BCUT2D eigenvalue weighted by atomic mass is 9.86.